The molecule has 2 unspecified atom stereocenters. The van der Waals surface area contributed by atoms with Crippen LogP contribution in [-0.4, -0.2) is 17.6 Å². The van der Waals surface area contributed by atoms with Gasteiger partial charge in [0.15, 0.2) is 0 Å². The van der Waals surface area contributed by atoms with Crippen molar-refractivity contribution in [1.82, 2.24) is 4.98 Å². The number of hydrogen-bond donors (Lipinski definition) is 1. The second kappa shape index (κ2) is 7.36. The Morgan fingerprint density at radius 2 is 2.33 bits per heavy atom. The number of nitrogens with zero attached hydrogens (tertiary/aromatic N) is 1. The van der Waals surface area contributed by atoms with Crippen molar-refractivity contribution in [3.05, 3.63) is 41.0 Å². The minimum Gasteiger partial charge on any atom is -0.372 e. The molecule has 0 aliphatic carbocycles. The molecule has 1 aromatic carbocycles. The van der Waals surface area contributed by atoms with Crippen molar-refractivity contribution in [1.29, 1.82) is 0 Å². The molecule has 1 aliphatic heterocycles. The number of hydrogen-bond acceptors (Lipinski definition) is 4. The molecule has 114 valence electrons. The number of aromatic nitrogens is 1. The molecule has 0 saturated carbocycles. The zero-order valence-corrected chi connectivity index (χ0v) is 13.8. The Morgan fingerprint density at radius 3 is 3.05 bits per heavy atom. The van der Waals surface area contributed by atoms with Gasteiger partial charge in [-0.15, -0.1) is 23.7 Å². The smallest absolute Gasteiger partial charge is 0.0978 e. The molecule has 5 heteroatoms. The third-order valence-electron chi connectivity index (χ3n) is 3.95. The first-order chi connectivity index (χ1) is 9.81. The monoisotopic (exact) mass is 324 g/mol. The first-order valence-electron chi connectivity index (χ1n) is 7.19. The molecule has 0 spiro atoms. The van der Waals surface area contributed by atoms with E-state index in [-0.39, 0.29) is 24.6 Å². The summed E-state index contributed by atoms with van der Waals surface area (Å²) >= 11 is 1.69. The average molecular weight is 325 g/mol. The Bertz CT molecular complexity index is 574. The van der Waals surface area contributed by atoms with E-state index < -0.39 is 0 Å². The fourth-order valence-electron chi connectivity index (χ4n) is 2.85. The van der Waals surface area contributed by atoms with E-state index >= 15 is 0 Å². The molecule has 0 radical (unpaired) electrons. The minimum atomic E-state index is 0. The number of thiazole rings is 1. The van der Waals surface area contributed by atoms with Crippen LogP contribution in [0.1, 0.15) is 37.0 Å². The molecule has 0 amide bonds. The third-order valence-corrected chi connectivity index (χ3v) is 4.75. The highest BCUT2D eigenvalue weighted by atomic mass is 35.5. The average Bonchev–Trinajstić information content (AvgIpc) is 2.92. The van der Waals surface area contributed by atoms with Gasteiger partial charge in [-0.1, -0.05) is 25.1 Å². The van der Waals surface area contributed by atoms with E-state index in [2.05, 4.69) is 30.1 Å². The molecule has 2 aromatic rings. The highest BCUT2D eigenvalue weighted by Gasteiger charge is 2.26. The van der Waals surface area contributed by atoms with Crippen LogP contribution in [0.3, 0.4) is 0 Å². The molecular weight excluding hydrogens is 304 g/mol. The van der Waals surface area contributed by atoms with Crippen molar-refractivity contribution in [2.45, 2.75) is 38.3 Å². The van der Waals surface area contributed by atoms with Gasteiger partial charge in [-0.25, -0.2) is 0 Å². The maximum Gasteiger partial charge on any atom is 0.0978 e. The van der Waals surface area contributed by atoms with E-state index in [9.17, 15) is 0 Å². The van der Waals surface area contributed by atoms with E-state index in [4.69, 9.17) is 10.5 Å². The summed E-state index contributed by atoms with van der Waals surface area (Å²) in [5, 5.41) is 0. The molecule has 0 fully saturated rings. The summed E-state index contributed by atoms with van der Waals surface area (Å²) in [5.41, 5.74) is 12.1. The predicted octanol–water partition coefficient (Wildman–Crippen LogP) is 3.97. The van der Waals surface area contributed by atoms with Gasteiger partial charge in [-0.05, 0) is 36.0 Å². The summed E-state index contributed by atoms with van der Waals surface area (Å²) in [6.07, 6.45) is 4.99. The van der Waals surface area contributed by atoms with Gasteiger partial charge in [-0.3, -0.25) is 4.98 Å². The summed E-state index contributed by atoms with van der Waals surface area (Å²) in [7, 11) is 0. The van der Waals surface area contributed by atoms with Crippen LogP contribution >= 0.6 is 23.7 Å². The number of fused-ring (bicyclic) bond motifs is 1. The lowest BCUT2D eigenvalue weighted by Gasteiger charge is -2.24. The van der Waals surface area contributed by atoms with Crippen LogP contribution in [0.15, 0.2) is 29.9 Å². The molecule has 2 heterocycles. The maximum absolute atomic E-state index is 6.27. The Balaban J connectivity index is 0.00000161. The van der Waals surface area contributed by atoms with Gasteiger partial charge in [0.25, 0.3) is 0 Å². The minimum absolute atomic E-state index is 0. The lowest BCUT2D eigenvalue weighted by atomic mass is 9.91. The largest absolute Gasteiger partial charge is 0.372 e. The lowest BCUT2D eigenvalue weighted by molar-refractivity contribution is 0.0373. The number of benzene rings is 1. The van der Waals surface area contributed by atoms with Crippen LogP contribution in [0.4, 0.5) is 0 Å². The molecule has 0 bridgehead atoms. The maximum atomic E-state index is 6.27. The van der Waals surface area contributed by atoms with E-state index in [0.717, 1.165) is 25.9 Å². The number of nitrogens with two attached hydrogens (primary N) is 1. The van der Waals surface area contributed by atoms with Crippen molar-refractivity contribution < 1.29 is 4.74 Å². The summed E-state index contributed by atoms with van der Waals surface area (Å²) in [6.45, 7) is 2.90. The van der Waals surface area contributed by atoms with E-state index in [1.807, 2.05) is 11.7 Å². The van der Waals surface area contributed by atoms with Crippen LogP contribution in [-0.2, 0) is 11.2 Å². The van der Waals surface area contributed by atoms with Crippen molar-refractivity contribution in [3.63, 3.8) is 0 Å². The fraction of sp³-hybridized carbons (Fsp3) is 0.438. The highest BCUT2D eigenvalue weighted by molar-refractivity contribution is 7.13. The molecule has 3 rings (SSSR count). The zero-order chi connectivity index (χ0) is 13.9. The zero-order valence-electron chi connectivity index (χ0n) is 12.1. The van der Waals surface area contributed by atoms with Gasteiger partial charge in [0.1, 0.15) is 0 Å². The normalized spacial score (nSPS) is 19.2. The molecule has 1 aliphatic rings. The van der Waals surface area contributed by atoms with Crippen LogP contribution in [0.25, 0.3) is 10.4 Å². The van der Waals surface area contributed by atoms with Crippen LogP contribution in [0.2, 0.25) is 0 Å². The van der Waals surface area contributed by atoms with Gasteiger partial charge in [0, 0.05) is 18.8 Å². The quantitative estimate of drug-likeness (QED) is 0.929. The van der Waals surface area contributed by atoms with Crippen molar-refractivity contribution >= 4 is 23.7 Å². The van der Waals surface area contributed by atoms with Gasteiger partial charge < -0.3 is 10.5 Å². The highest BCUT2D eigenvalue weighted by Crippen LogP contribution is 2.36. The van der Waals surface area contributed by atoms with Gasteiger partial charge in [0.2, 0.25) is 0 Å². The molecule has 2 N–H and O–H groups in total. The number of halogens is 1. The Kier molecular flexibility index (Phi) is 5.76. The van der Waals surface area contributed by atoms with Crippen LogP contribution in [0.5, 0.6) is 0 Å². The predicted molar refractivity (Wildman–Crippen MR) is 90.1 cm³/mol. The third kappa shape index (κ3) is 3.29. The van der Waals surface area contributed by atoms with Crippen molar-refractivity contribution in [3.8, 4) is 10.4 Å². The Labute approximate surface area is 136 Å². The lowest BCUT2D eigenvalue weighted by Crippen LogP contribution is -2.29. The summed E-state index contributed by atoms with van der Waals surface area (Å²) in [4.78, 5) is 5.43. The summed E-state index contributed by atoms with van der Waals surface area (Å²) < 4.78 is 6.02. The Morgan fingerprint density at radius 1 is 1.48 bits per heavy atom. The standard InChI is InChI=1S/C16H20N2OS.ClH/c1-2-14(17)16-13-6-3-5-12(15-9-18-10-20-15)11(13)7-4-8-19-16;/h3,5-6,9-10,14,16H,2,4,7-8,17H2,1H3;1H. The summed E-state index contributed by atoms with van der Waals surface area (Å²) in [5.74, 6) is 0. The molecule has 1 aromatic heterocycles. The summed E-state index contributed by atoms with van der Waals surface area (Å²) in [6, 6.07) is 6.53. The molecule has 0 saturated heterocycles. The first kappa shape index (κ1) is 16.4. The van der Waals surface area contributed by atoms with Gasteiger partial charge in [-0.2, -0.15) is 0 Å². The van der Waals surface area contributed by atoms with Gasteiger partial charge >= 0.3 is 0 Å². The molecule has 21 heavy (non-hydrogen) atoms. The Hall–Kier alpha value is -0.940. The van der Waals surface area contributed by atoms with E-state index in [0.29, 0.717) is 0 Å². The number of rotatable bonds is 3. The van der Waals surface area contributed by atoms with E-state index in [1.54, 1.807) is 11.3 Å². The van der Waals surface area contributed by atoms with E-state index in [1.165, 1.54) is 21.6 Å². The molecule has 2 atom stereocenters. The second-order valence-corrected chi connectivity index (χ2v) is 6.09. The fourth-order valence-corrected chi connectivity index (χ4v) is 3.52. The van der Waals surface area contributed by atoms with Gasteiger partial charge in [0.05, 0.1) is 16.5 Å². The topological polar surface area (TPSA) is 48.1 Å². The molecule has 3 nitrogen and oxygen atoms in total. The molecular formula is C16H21ClN2OS. The van der Waals surface area contributed by atoms with Crippen LogP contribution < -0.4 is 5.73 Å². The van der Waals surface area contributed by atoms with Crippen molar-refractivity contribution in [2.24, 2.45) is 5.73 Å². The second-order valence-electron chi connectivity index (χ2n) is 5.21. The van der Waals surface area contributed by atoms with Crippen LogP contribution in [0, 0.1) is 0 Å². The number of ether oxygens (including phenoxy) is 1. The SMILES string of the molecule is CCC(N)C1OCCCc2c(-c3cncs3)cccc21.Cl. The first-order valence-corrected chi connectivity index (χ1v) is 8.07. The van der Waals surface area contributed by atoms with Crippen molar-refractivity contribution in [2.75, 3.05) is 6.61 Å².